The van der Waals surface area contributed by atoms with E-state index < -0.39 is 0 Å². The van der Waals surface area contributed by atoms with E-state index in [2.05, 4.69) is 20.2 Å². The number of nitrogens with one attached hydrogen (secondary N) is 1. The fraction of sp³-hybridized carbons (Fsp3) is 0.600. The maximum Gasteiger partial charge on any atom is 0.218 e. The number of hydrogen-bond donors (Lipinski definition) is 1. The molecule has 0 aliphatic rings. The molecule has 0 aliphatic heterocycles. The molecule has 0 spiro atoms. The summed E-state index contributed by atoms with van der Waals surface area (Å²) in [5, 5.41) is 3.09. The average Bonchev–Trinajstić information content (AvgIpc) is 2.27. The summed E-state index contributed by atoms with van der Waals surface area (Å²) in [6, 6.07) is 1.85. The van der Waals surface area contributed by atoms with Crippen molar-refractivity contribution in [2.45, 2.75) is 6.92 Å². The van der Waals surface area contributed by atoms with Gasteiger partial charge >= 0.3 is 0 Å². The Balaban J connectivity index is 2.62. The molecule has 0 radical (unpaired) electrons. The Morgan fingerprint density at radius 2 is 2.27 bits per heavy atom. The van der Waals surface area contributed by atoms with Crippen LogP contribution in [-0.4, -0.2) is 43.8 Å². The molecule has 1 rings (SSSR count). The Morgan fingerprint density at radius 3 is 2.93 bits per heavy atom. The van der Waals surface area contributed by atoms with Crippen LogP contribution in [-0.2, 0) is 0 Å². The second kappa shape index (κ2) is 6.19. The van der Waals surface area contributed by atoms with Crippen LogP contribution >= 0.6 is 0 Å². The van der Waals surface area contributed by atoms with Crippen LogP contribution in [0.3, 0.4) is 0 Å². The number of likely N-dealkylation sites (N-methyl/N-ethyl adjacent to an activating group) is 2. The SMILES string of the molecule is CCOc1cc(N(C)CCNC)ncn1. The third-order valence-corrected chi connectivity index (χ3v) is 2.01. The summed E-state index contributed by atoms with van der Waals surface area (Å²) in [7, 11) is 3.93. The van der Waals surface area contributed by atoms with Crippen molar-refractivity contribution in [1.82, 2.24) is 15.3 Å². The van der Waals surface area contributed by atoms with E-state index in [9.17, 15) is 0 Å². The highest BCUT2D eigenvalue weighted by molar-refractivity contribution is 5.39. The molecule has 5 heteroatoms. The van der Waals surface area contributed by atoms with E-state index in [1.54, 1.807) is 0 Å². The van der Waals surface area contributed by atoms with Gasteiger partial charge in [-0.3, -0.25) is 0 Å². The van der Waals surface area contributed by atoms with Crippen LogP contribution in [0.15, 0.2) is 12.4 Å². The first-order valence-electron chi connectivity index (χ1n) is 5.08. The van der Waals surface area contributed by atoms with Gasteiger partial charge in [0.15, 0.2) is 0 Å². The number of hydrogen-bond acceptors (Lipinski definition) is 5. The lowest BCUT2D eigenvalue weighted by molar-refractivity contribution is 0.326. The van der Waals surface area contributed by atoms with Crippen molar-refractivity contribution in [1.29, 1.82) is 0 Å². The molecule has 0 aliphatic carbocycles. The number of aromatic nitrogens is 2. The van der Waals surface area contributed by atoms with Gasteiger partial charge in [-0.15, -0.1) is 0 Å². The third-order valence-electron chi connectivity index (χ3n) is 2.01. The number of ether oxygens (including phenoxy) is 1. The molecule has 0 atom stereocenters. The second-order valence-electron chi connectivity index (χ2n) is 3.17. The smallest absolute Gasteiger partial charge is 0.218 e. The largest absolute Gasteiger partial charge is 0.478 e. The lowest BCUT2D eigenvalue weighted by Gasteiger charge is -2.17. The topological polar surface area (TPSA) is 50.3 Å². The highest BCUT2D eigenvalue weighted by atomic mass is 16.5. The van der Waals surface area contributed by atoms with E-state index in [1.165, 1.54) is 6.33 Å². The summed E-state index contributed by atoms with van der Waals surface area (Å²) in [6.45, 7) is 4.38. The molecule has 84 valence electrons. The minimum absolute atomic E-state index is 0.622. The van der Waals surface area contributed by atoms with Gasteiger partial charge in [-0.25, -0.2) is 9.97 Å². The van der Waals surface area contributed by atoms with Crippen LogP contribution in [0.5, 0.6) is 5.88 Å². The van der Waals surface area contributed by atoms with Crippen LogP contribution in [0, 0.1) is 0 Å². The minimum Gasteiger partial charge on any atom is -0.478 e. The molecule has 5 nitrogen and oxygen atoms in total. The van der Waals surface area contributed by atoms with Crippen molar-refractivity contribution in [2.24, 2.45) is 0 Å². The van der Waals surface area contributed by atoms with E-state index in [0.29, 0.717) is 12.5 Å². The van der Waals surface area contributed by atoms with Crippen LogP contribution in [0.1, 0.15) is 6.92 Å². The molecule has 0 saturated carbocycles. The van der Waals surface area contributed by atoms with Gasteiger partial charge in [0.25, 0.3) is 0 Å². The molecule has 15 heavy (non-hydrogen) atoms. The molecule has 0 unspecified atom stereocenters. The van der Waals surface area contributed by atoms with E-state index in [4.69, 9.17) is 4.74 Å². The summed E-state index contributed by atoms with van der Waals surface area (Å²) in [5.74, 6) is 1.50. The Bertz CT molecular complexity index is 293. The average molecular weight is 210 g/mol. The van der Waals surface area contributed by atoms with Crippen molar-refractivity contribution in [3.05, 3.63) is 12.4 Å². The second-order valence-corrected chi connectivity index (χ2v) is 3.17. The Kier molecular flexibility index (Phi) is 4.83. The molecule has 1 aromatic heterocycles. The zero-order valence-electron chi connectivity index (χ0n) is 9.53. The van der Waals surface area contributed by atoms with Crippen LogP contribution in [0.2, 0.25) is 0 Å². The maximum atomic E-state index is 5.31. The van der Waals surface area contributed by atoms with Gasteiger partial charge in [-0.2, -0.15) is 0 Å². The van der Waals surface area contributed by atoms with Crippen molar-refractivity contribution in [3.8, 4) is 5.88 Å². The summed E-state index contributed by atoms with van der Waals surface area (Å²) >= 11 is 0. The first-order valence-corrected chi connectivity index (χ1v) is 5.08. The van der Waals surface area contributed by atoms with Crippen LogP contribution < -0.4 is 15.0 Å². The highest BCUT2D eigenvalue weighted by Gasteiger charge is 2.03. The van der Waals surface area contributed by atoms with Gasteiger partial charge < -0.3 is 15.0 Å². The standard InChI is InChI=1S/C10H18N4O/c1-4-15-10-7-9(12-8-13-10)14(3)6-5-11-2/h7-8,11H,4-6H2,1-3H3. The number of nitrogens with zero attached hydrogens (tertiary/aromatic N) is 3. The quantitative estimate of drug-likeness (QED) is 0.742. The van der Waals surface area contributed by atoms with Crippen molar-refractivity contribution in [3.63, 3.8) is 0 Å². The fourth-order valence-corrected chi connectivity index (χ4v) is 1.16. The number of anilines is 1. The van der Waals surface area contributed by atoms with Crippen LogP contribution in [0.25, 0.3) is 0 Å². The normalized spacial score (nSPS) is 10.1. The lowest BCUT2D eigenvalue weighted by Crippen LogP contribution is -2.27. The molecule has 0 amide bonds. The van der Waals surface area contributed by atoms with Crippen LogP contribution in [0.4, 0.5) is 5.82 Å². The summed E-state index contributed by atoms with van der Waals surface area (Å²) in [4.78, 5) is 10.3. The Labute approximate surface area is 90.5 Å². The Hall–Kier alpha value is -1.36. The molecule has 1 heterocycles. The van der Waals surface area contributed by atoms with Gasteiger partial charge in [0.05, 0.1) is 6.61 Å². The molecule has 1 aromatic rings. The van der Waals surface area contributed by atoms with Gasteiger partial charge in [0.1, 0.15) is 12.1 Å². The van der Waals surface area contributed by atoms with Gasteiger partial charge in [-0.1, -0.05) is 0 Å². The zero-order chi connectivity index (χ0) is 11.1. The van der Waals surface area contributed by atoms with Crippen molar-refractivity contribution in [2.75, 3.05) is 38.7 Å². The Morgan fingerprint density at radius 1 is 1.47 bits per heavy atom. The predicted octanol–water partition coefficient (Wildman–Crippen LogP) is 0.531. The third kappa shape index (κ3) is 3.71. The lowest BCUT2D eigenvalue weighted by atomic mass is 10.4. The van der Waals surface area contributed by atoms with E-state index in [-0.39, 0.29) is 0 Å². The summed E-state index contributed by atoms with van der Waals surface area (Å²) < 4.78 is 5.31. The zero-order valence-corrected chi connectivity index (χ0v) is 9.53. The van der Waals surface area contributed by atoms with Gasteiger partial charge in [0.2, 0.25) is 5.88 Å². The first kappa shape index (κ1) is 11.7. The minimum atomic E-state index is 0.622. The molecule has 0 bridgehead atoms. The van der Waals surface area contributed by atoms with E-state index >= 15 is 0 Å². The van der Waals surface area contributed by atoms with Crippen molar-refractivity contribution >= 4 is 5.82 Å². The molecule has 0 aromatic carbocycles. The molecule has 1 N–H and O–H groups in total. The van der Waals surface area contributed by atoms with E-state index in [1.807, 2.05) is 27.1 Å². The first-order chi connectivity index (χ1) is 7.27. The molecular formula is C10H18N4O. The van der Waals surface area contributed by atoms with Gasteiger partial charge in [0, 0.05) is 26.2 Å². The van der Waals surface area contributed by atoms with Crippen molar-refractivity contribution < 1.29 is 4.74 Å². The number of rotatable bonds is 6. The summed E-state index contributed by atoms with van der Waals surface area (Å²) in [6.07, 6.45) is 1.52. The monoisotopic (exact) mass is 210 g/mol. The van der Waals surface area contributed by atoms with Gasteiger partial charge in [-0.05, 0) is 14.0 Å². The highest BCUT2D eigenvalue weighted by Crippen LogP contribution is 2.13. The van der Waals surface area contributed by atoms with E-state index in [0.717, 1.165) is 18.9 Å². The predicted molar refractivity (Wildman–Crippen MR) is 60.4 cm³/mol. The molecule has 0 saturated heterocycles. The maximum absolute atomic E-state index is 5.31. The molecule has 0 fully saturated rings. The fourth-order valence-electron chi connectivity index (χ4n) is 1.16. The summed E-state index contributed by atoms with van der Waals surface area (Å²) in [5.41, 5.74) is 0. The molecular weight excluding hydrogens is 192 g/mol.